The van der Waals surface area contributed by atoms with E-state index >= 15 is 0 Å². The summed E-state index contributed by atoms with van der Waals surface area (Å²) in [6.45, 7) is 0.952. The molecule has 4 heteroatoms. The Hall–Kier alpha value is -0.900. The first kappa shape index (κ1) is 10.6. The van der Waals surface area contributed by atoms with Crippen molar-refractivity contribution in [1.82, 2.24) is 20.1 Å². The fraction of sp³-hybridized carbons (Fsp3) is 0.818. The van der Waals surface area contributed by atoms with Crippen molar-refractivity contribution < 1.29 is 0 Å². The minimum atomic E-state index is 0.658. The Morgan fingerprint density at radius 3 is 2.80 bits per heavy atom. The van der Waals surface area contributed by atoms with E-state index in [-0.39, 0.29) is 0 Å². The summed E-state index contributed by atoms with van der Waals surface area (Å²) in [4.78, 5) is 4.64. The monoisotopic (exact) mass is 208 g/mol. The zero-order valence-electron chi connectivity index (χ0n) is 9.66. The van der Waals surface area contributed by atoms with Crippen LogP contribution in [-0.4, -0.2) is 28.4 Å². The van der Waals surface area contributed by atoms with Crippen LogP contribution >= 0.6 is 0 Å². The smallest absolute Gasteiger partial charge is 0.152 e. The minimum absolute atomic E-state index is 0.658. The second-order valence-corrected chi connectivity index (χ2v) is 4.34. The van der Waals surface area contributed by atoms with E-state index in [9.17, 15) is 0 Å². The molecule has 84 valence electrons. The molecule has 1 N–H and O–H groups in total. The topological polar surface area (TPSA) is 42.7 Å². The zero-order valence-corrected chi connectivity index (χ0v) is 9.66. The van der Waals surface area contributed by atoms with Gasteiger partial charge in [-0.2, -0.15) is 5.10 Å². The number of hydrogen-bond donors (Lipinski definition) is 1. The molecule has 0 spiro atoms. The zero-order chi connectivity index (χ0) is 10.7. The second kappa shape index (κ2) is 4.75. The van der Waals surface area contributed by atoms with Crippen LogP contribution < -0.4 is 5.32 Å². The number of likely N-dealkylation sites (N-methyl/N-ethyl adjacent to an activating group) is 1. The van der Waals surface area contributed by atoms with Gasteiger partial charge in [0, 0.05) is 25.9 Å². The maximum Gasteiger partial charge on any atom is 0.152 e. The van der Waals surface area contributed by atoms with Gasteiger partial charge in [0.15, 0.2) is 5.82 Å². The number of aromatic nitrogens is 3. The van der Waals surface area contributed by atoms with Crippen LogP contribution in [0.15, 0.2) is 0 Å². The molecule has 0 aromatic carbocycles. The van der Waals surface area contributed by atoms with Gasteiger partial charge in [0.05, 0.1) is 0 Å². The standard InChI is InChI=1S/C11H20N4/c1-12-8-7-10-13-11(15(2)14-10)9-5-3-4-6-9/h9,12H,3-8H2,1-2H3. The van der Waals surface area contributed by atoms with E-state index in [2.05, 4.69) is 15.4 Å². The molecule has 0 atom stereocenters. The average Bonchev–Trinajstić information content (AvgIpc) is 2.83. The van der Waals surface area contributed by atoms with Gasteiger partial charge >= 0.3 is 0 Å². The van der Waals surface area contributed by atoms with E-state index < -0.39 is 0 Å². The van der Waals surface area contributed by atoms with Gasteiger partial charge in [-0.15, -0.1) is 0 Å². The summed E-state index contributed by atoms with van der Waals surface area (Å²) in [5.41, 5.74) is 0. The quantitative estimate of drug-likeness (QED) is 0.809. The molecule has 1 fully saturated rings. The van der Waals surface area contributed by atoms with Gasteiger partial charge in [-0.05, 0) is 19.9 Å². The first-order chi connectivity index (χ1) is 7.31. The van der Waals surface area contributed by atoms with Crippen molar-refractivity contribution in [2.24, 2.45) is 7.05 Å². The molecular weight excluding hydrogens is 188 g/mol. The Bertz CT molecular complexity index is 312. The van der Waals surface area contributed by atoms with Crippen molar-refractivity contribution in [3.8, 4) is 0 Å². The Morgan fingerprint density at radius 2 is 2.13 bits per heavy atom. The summed E-state index contributed by atoms with van der Waals surface area (Å²) in [5, 5.41) is 7.58. The molecule has 1 heterocycles. The molecule has 1 aliphatic rings. The highest BCUT2D eigenvalue weighted by atomic mass is 15.3. The summed E-state index contributed by atoms with van der Waals surface area (Å²) in [6, 6.07) is 0. The van der Waals surface area contributed by atoms with Crippen molar-refractivity contribution in [3.05, 3.63) is 11.6 Å². The molecule has 0 radical (unpaired) electrons. The van der Waals surface area contributed by atoms with E-state index in [4.69, 9.17) is 0 Å². The van der Waals surface area contributed by atoms with Gasteiger partial charge in [-0.1, -0.05) is 12.8 Å². The molecule has 0 saturated heterocycles. The van der Waals surface area contributed by atoms with E-state index in [1.165, 1.54) is 31.5 Å². The number of nitrogens with one attached hydrogen (secondary N) is 1. The van der Waals surface area contributed by atoms with Gasteiger partial charge in [0.2, 0.25) is 0 Å². The Balaban J connectivity index is 2.06. The summed E-state index contributed by atoms with van der Waals surface area (Å²) in [7, 11) is 3.98. The molecule has 15 heavy (non-hydrogen) atoms. The molecule has 0 bridgehead atoms. The van der Waals surface area contributed by atoms with Crippen LogP contribution in [0.3, 0.4) is 0 Å². The predicted octanol–water partition coefficient (Wildman–Crippen LogP) is 1.23. The lowest BCUT2D eigenvalue weighted by molar-refractivity contribution is 0.600. The number of rotatable bonds is 4. The normalized spacial score (nSPS) is 17.5. The van der Waals surface area contributed by atoms with Crippen LogP contribution in [0.2, 0.25) is 0 Å². The summed E-state index contributed by atoms with van der Waals surface area (Å²) in [5.74, 6) is 2.83. The van der Waals surface area contributed by atoms with Crippen LogP contribution in [0.1, 0.15) is 43.3 Å². The van der Waals surface area contributed by atoms with Crippen molar-refractivity contribution >= 4 is 0 Å². The number of nitrogens with zero attached hydrogens (tertiary/aromatic N) is 3. The lowest BCUT2D eigenvalue weighted by Crippen LogP contribution is -2.11. The second-order valence-electron chi connectivity index (χ2n) is 4.34. The minimum Gasteiger partial charge on any atom is -0.319 e. The van der Waals surface area contributed by atoms with Crippen molar-refractivity contribution in [3.63, 3.8) is 0 Å². The third kappa shape index (κ3) is 2.37. The molecule has 0 aliphatic heterocycles. The lowest BCUT2D eigenvalue weighted by atomic mass is 10.1. The molecule has 4 nitrogen and oxygen atoms in total. The number of hydrogen-bond acceptors (Lipinski definition) is 3. The van der Waals surface area contributed by atoms with Crippen molar-refractivity contribution in [2.75, 3.05) is 13.6 Å². The van der Waals surface area contributed by atoms with Gasteiger partial charge in [-0.3, -0.25) is 4.68 Å². The van der Waals surface area contributed by atoms with E-state index in [0.717, 1.165) is 18.8 Å². The maximum absolute atomic E-state index is 4.64. The highest BCUT2D eigenvalue weighted by molar-refractivity contribution is 5.02. The summed E-state index contributed by atoms with van der Waals surface area (Å²) in [6.07, 6.45) is 6.21. The number of aryl methyl sites for hydroxylation is 1. The third-order valence-electron chi connectivity index (χ3n) is 3.16. The molecule has 0 unspecified atom stereocenters. The van der Waals surface area contributed by atoms with Gasteiger partial charge in [0.25, 0.3) is 0 Å². The van der Waals surface area contributed by atoms with Crippen LogP contribution in [-0.2, 0) is 13.5 Å². The fourth-order valence-electron chi connectivity index (χ4n) is 2.33. The van der Waals surface area contributed by atoms with E-state index in [1.54, 1.807) is 0 Å². The summed E-state index contributed by atoms with van der Waals surface area (Å²) >= 11 is 0. The molecule has 1 saturated carbocycles. The van der Waals surface area contributed by atoms with Crippen molar-refractivity contribution in [2.45, 2.75) is 38.0 Å². The lowest BCUT2D eigenvalue weighted by Gasteiger charge is -2.05. The SMILES string of the molecule is CNCCc1nc(C2CCCC2)n(C)n1. The van der Waals surface area contributed by atoms with Crippen LogP contribution in [0.5, 0.6) is 0 Å². The van der Waals surface area contributed by atoms with Crippen LogP contribution in [0, 0.1) is 0 Å². The Kier molecular flexibility index (Phi) is 3.36. The predicted molar refractivity (Wildman–Crippen MR) is 59.8 cm³/mol. The van der Waals surface area contributed by atoms with Gasteiger partial charge in [0.1, 0.15) is 5.82 Å². The highest BCUT2D eigenvalue weighted by Crippen LogP contribution is 2.32. The van der Waals surface area contributed by atoms with E-state index in [1.807, 2.05) is 18.8 Å². The average molecular weight is 208 g/mol. The first-order valence-corrected chi connectivity index (χ1v) is 5.85. The van der Waals surface area contributed by atoms with Crippen LogP contribution in [0.25, 0.3) is 0 Å². The Morgan fingerprint density at radius 1 is 1.40 bits per heavy atom. The molecule has 1 aliphatic carbocycles. The summed E-state index contributed by atoms with van der Waals surface area (Å²) < 4.78 is 1.97. The van der Waals surface area contributed by atoms with Crippen molar-refractivity contribution in [1.29, 1.82) is 0 Å². The first-order valence-electron chi connectivity index (χ1n) is 5.85. The Labute approximate surface area is 91.1 Å². The highest BCUT2D eigenvalue weighted by Gasteiger charge is 2.22. The van der Waals surface area contributed by atoms with Gasteiger partial charge < -0.3 is 5.32 Å². The fourth-order valence-corrected chi connectivity index (χ4v) is 2.33. The molecule has 0 amide bonds. The molecular formula is C11H20N4. The maximum atomic E-state index is 4.64. The molecule has 2 rings (SSSR count). The third-order valence-corrected chi connectivity index (χ3v) is 3.16. The molecule has 1 aromatic rings. The van der Waals surface area contributed by atoms with E-state index in [0.29, 0.717) is 5.92 Å². The van der Waals surface area contributed by atoms with Crippen LogP contribution in [0.4, 0.5) is 0 Å². The van der Waals surface area contributed by atoms with Gasteiger partial charge in [-0.25, -0.2) is 4.98 Å². The molecule has 1 aromatic heterocycles. The largest absolute Gasteiger partial charge is 0.319 e.